The number of phenols is 1. The van der Waals surface area contributed by atoms with E-state index in [1.807, 2.05) is 13.8 Å². The molecule has 216 valence electrons. The van der Waals surface area contributed by atoms with E-state index in [9.17, 15) is 24.8 Å². The van der Waals surface area contributed by atoms with Gasteiger partial charge in [-0.05, 0) is 49.7 Å². The third-order valence-electron chi connectivity index (χ3n) is 6.36. The van der Waals surface area contributed by atoms with Gasteiger partial charge in [-0.15, -0.1) is 0 Å². The van der Waals surface area contributed by atoms with Crippen LogP contribution in [0.15, 0.2) is 74.5 Å². The van der Waals surface area contributed by atoms with Crippen LogP contribution in [0, 0.1) is 10.1 Å². The van der Waals surface area contributed by atoms with Crippen LogP contribution < -0.4 is 24.4 Å². The number of methoxy groups -OCH3 is 1. The number of non-ortho nitro benzene ring substituents is 1. The normalized spacial score (nSPS) is 14.5. The summed E-state index contributed by atoms with van der Waals surface area (Å²) >= 11 is 1.09. The Morgan fingerprint density at radius 3 is 2.62 bits per heavy atom. The molecule has 0 aliphatic carbocycles. The van der Waals surface area contributed by atoms with E-state index >= 15 is 0 Å². The number of ether oxygens (including phenoxy) is 3. The minimum absolute atomic E-state index is 0.133. The number of hydrogen-bond acceptors (Lipinski definition) is 11. The number of carbonyl (C=O) groups excluding carboxylic acids is 1. The van der Waals surface area contributed by atoms with Gasteiger partial charge in [-0.3, -0.25) is 19.5 Å². The van der Waals surface area contributed by atoms with Gasteiger partial charge in [0.25, 0.3) is 11.2 Å². The van der Waals surface area contributed by atoms with E-state index < -0.39 is 22.5 Å². The van der Waals surface area contributed by atoms with Gasteiger partial charge < -0.3 is 23.7 Å². The zero-order valence-electron chi connectivity index (χ0n) is 22.7. The number of aromatic hydroxyl groups is 1. The first-order chi connectivity index (χ1) is 20.2. The van der Waals surface area contributed by atoms with E-state index in [1.165, 1.54) is 48.2 Å². The number of fused-ring (bicyclic) bond motifs is 1. The van der Waals surface area contributed by atoms with Crippen molar-refractivity contribution in [2.24, 2.45) is 4.99 Å². The molecule has 1 atom stereocenters. The van der Waals surface area contributed by atoms with Gasteiger partial charge in [0.05, 0.1) is 47.0 Å². The van der Waals surface area contributed by atoms with Crippen molar-refractivity contribution in [1.29, 1.82) is 0 Å². The van der Waals surface area contributed by atoms with E-state index in [-0.39, 0.29) is 38.6 Å². The lowest BCUT2D eigenvalue weighted by Gasteiger charge is -2.23. The predicted molar refractivity (Wildman–Crippen MR) is 152 cm³/mol. The van der Waals surface area contributed by atoms with Gasteiger partial charge in [0.1, 0.15) is 17.3 Å². The second kappa shape index (κ2) is 11.7. The van der Waals surface area contributed by atoms with E-state index in [1.54, 1.807) is 24.3 Å². The number of rotatable bonds is 9. The lowest BCUT2D eigenvalue weighted by molar-refractivity contribution is -0.384. The number of nitro groups is 1. The van der Waals surface area contributed by atoms with Crippen molar-refractivity contribution >= 4 is 29.1 Å². The van der Waals surface area contributed by atoms with Crippen LogP contribution in [0.1, 0.15) is 31.2 Å². The maximum absolute atomic E-state index is 13.8. The summed E-state index contributed by atoms with van der Waals surface area (Å²) < 4.78 is 23.9. The fourth-order valence-corrected chi connectivity index (χ4v) is 5.48. The van der Waals surface area contributed by atoms with E-state index in [0.717, 1.165) is 11.3 Å². The van der Waals surface area contributed by atoms with E-state index in [2.05, 4.69) is 4.99 Å². The van der Waals surface area contributed by atoms with Gasteiger partial charge in [-0.25, -0.2) is 9.79 Å². The summed E-state index contributed by atoms with van der Waals surface area (Å²) in [5.41, 5.74) is 0.235. The van der Waals surface area contributed by atoms with Crippen LogP contribution in [0.4, 0.5) is 5.69 Å². The molecule has 1 N–H and O–H groups in total. The van der Waals surface area contributed by atoms with Gasteiger partial charge in [-0.2, -0.15) is 0 Å². The Labute approximate surface area is 242 Å². The molecule has 2 aromatic carbocycles. The number of benzene rings is 2. The molecule has 1 aliphatic rings. The Kier molecular flexibility index (Phi) is 7.93. The summed E-state index contributed by atoms with van der Waals surface area (Å²) in [4.78, 5) is 41.9. The molecular weight excluding hydrogens is 566 g/mol. The number of thiazole rings is 1. The highest BCUT2D eigenvalue weighted by Crippen LogP contribution is 2.36. The van der Waals surface area contributed by atoms with Gasteiger partial charge in [0.2, 0.25) is 0 Å². The largest absolute Gasteiger partial charge is 0.507 e. The number of nitrogens with zero attached hydrogens (tertiary/aromatic N) is 3. The molecular formula is C29H25N3O9S. The lowest BCUT2D eigenvalue weighted by Crippen LogP contribution is -2.39. The number of carbonyl (C=O) groups is 1. The number of furan rings is 1. The third kappa shape index (κ3) is 5.29. The number of aromatic nitrogens is 1. The van der Waals surface area contributed by atoms with Crippen LogP contribution in [-0.2, 0) is 9.53 Å². The molecule has 2 aromatic heterocycles. The van der Waals surface area contributed by atoms with Crippen molar-refractivity contribution in [2.45, 2.75) is 19.9 Å². The summed E-state index contributed by atoms with van der Waals surface area (Å²) in [6, 6.07) is 11.0. The minimum atomic E-state index is -0.861. The molecule has 0 radical (unpaired) electrons. The van der Waals surface area contributed by atoms with Gasteiger partial charge in [-0.1, -0.05) is 17.4 Å². The topological polar surface area (TPSA) is 156 Å². The van der Waals surface area contributed by atoms with Crippen LogP contribution in [-0.4, -0.2) is 40.9 Å². The molecule has 42 heavy (non-hydrogen) atoms. The highest BCUT2D eigenvalue weighted by Gasteiger charge is 2.31. The average Bonchev–Trinajstić information content (AvgIpc) is 3.57. The van der Waals surface area contributed by atoms with Crippen molar-refractivity contribution in [2.75, 3.05) is 20.3 Å². The monoisotopic (exact) mass is 591 g/mol. The first-order valence-corrected chi connectivity index (χ1v) is 13.6. The van der Waals surface area contributed by atoms with Crippen molar-refractivity contribution in [3.63, 3.8) is 0 Å². The first kappa shape index (κ1) is 28.4. The Balaban J connectivity index is 1.61. The molecule has 0 saturated heterocycles. The second-order valence-electron chi connectivity index (χ2n) is 8.91. The highest BCUT2D eigenvalue weighted by molar-refractivity contribution is 7.07. The second-order valence-corrected chi connectivity index (χ2v) is 9.92. The molecule has 0 unspecified atom stereocenters. The third-order valence-corrected chi connectivity index (χ3v) is 7.36. The molecule has 13 heteroatoms. The molecule has 0 amide bonds. The Bertz CT molecular complexity index is 1900. The van der Waals surface area contributed by atoms with Crippen LogP contribution in [0.3, 0.4) is 0 Å². The average molecular weight is 592 g/mol. The van der Waals surface area contributed by atoms with Gasteiger partial charge in [0.15, 0.2) is 16.3 Å². The molecule has 12 nitrogen and oxygen atoms in total. The Hall–Kier alpha value is -5.17. The summed E-state index contributed by atoms with van der Waals surface area (Å²) in [5, 5.41) is 21.4. The summed E-state index contributed by atoms with van der Waals surface area (Å²) in [5.74, 6) is 0.606. The van der Waals surface area contributed by atoms with Crippen LogP contribution in [0.2, 0.25) is 0 Å². The molecule has 0 saturated carbocycles. The SMILES string of the molecule is CCOc1ccc([C@H]2C(C(=O)OC)=CN=c3s/c(=C\c4ccc(-c5cc([N+](=O)[O-])ccc5O)o4)c(=O)n32)cc1OCC. The molecule has 1 aliphatic heterocycles. The van der Waals surface area contributed by atoms with Crippen molar-refractivity contribution in [3.05, 3.63) is 101 Å². The standard InChI is InChI=1S/C29H25N3O9S/c1-4-39-23-10-6-16(12-24(23)40-5-2)26-20(28(35)38-3)15-30-29-31(26)27(34)25(42-29)14-18-8-11-22(41-18)19-13-17(32(36)37)7-9-21(19)33/h6-15,26,33H,4-5H2,1-3H3/b25-14-/t26-/m0/s1. The zero-order chi connectivity index (χ0) is 30.0. The van der Waals surface area contributed by atoms with Crippen LogP contribution in [0.5, 0.6) is 17.2 Å². The summed E-state index contributed by atoms with van der Waals surface area (Å²) in [6.07, 6.45) is 2.89. The molecule has 3 heterocycles. The number of phenolic OH excluding ortho intramolecular Hbond substituents is 1. The predicted octanol–water partition coefficient (Wildman–Crippen LogP) is 3.69. The fourth-order valence-electron chi connectivity index (χ4n) is 4.53. The molecule has 0 bridgehead atoms. The maximum Gasteiger partial charge on any atom is 0.337 e. The first-order valence-electron chi connectivity index (χ1n) is 12.8. The van der Waals surface area contributed by atoms with Gasteiger partial charge >= 0.3 is 5.97 Å². The molecule has 4 aromatic rings. The smallest absolute Gasteiger partial charge is 0.337 e. The Morgan fingerprint density at radius 2 is 1.90 bits per heavy atom. The van der Waals surface area contributed by atoms with Crippen LogP contribution in [0.25, 0.3) is 17.4 Å². The minimum Gasteiger partial charge on any atom is -0.507 e. The van der Waals surface area contributed by atoms with Gasteiger partial charge in [0, 0.05) is 24.4 Å². The number of esters is 1. The highest BCUT2D eigenvalue weighted by atomic mass is 32.1. The van der Waals surface area contributed by atoms with Crippen molar-refractivity contribution in [3.8, 4) is 28.6 Å². The number of nitro benzene ring substituents is 1. The summed E-state index contributed by atoms with van der Waals surface area (Å²) in [7, 11) is 1.25. The Morgan fingerprint density at radius 1 is 1.14 bits per heavy atom. The van der Waals surface area contributed by atoms with Crippen molar-refractivity contribution < 1.29 is 33.5 Å². The summed E-state index contributed by atoms with van der Waals surface area (Å²) in [6.45, 7) is 4.50. The van der Waals surface area contributed by atoms with E-state index in [0.29, 0.717) is 35.1 Å². The fraction of sp³-hybridized carbons (Fsp3) is 0.207. The lowest BCUT2D eigenvalue weighted by atomic mass is 9.97. The molecule has 0 fully saturated rings. The molecule has 0 spiro atoms. The maximum atomic E-state index is 13.8. The number of hydrogen-bond donors (Lipinski definition) is 1. The van der Waals surface area contributed by atoms with E-state index in [4.69, 9.17) is 18.6 Å². The van der Waals surface area contributed by atoms with Crippen molar-refractivity contribution in [1.82, 2.24) is 4.57 Å². The quantitative estimate of drug-likeness (QED) is 0.174. The molecule has 5 rings (SSSR count). The zero-order valence-corrected chi connectivity index (χ0v) is 23.5. The van der Waals surface area contributed by atoms with Crippen LogP contribution >= 0.6 is 11.3 Å².